The Morgan fingerprint density at radius 3 is 1.12 bits per heavy atom. The van der Waals surface area contributed by atoms with Crippen molar-refractivity contribution in [3.8, 4) is 45.8 Å². The number of nitrogens with one attached hydrogen (secondary N) is 1. The van der Waals surface area contributed by atoms with E-state index in [0.29, 0.717) is 173 Å². The first-order valence-corrected chi connectivity index (χ1v) is 47.6. The summed E-state index contributed by atoms with van der Waals surface area (Å²) in [5.74, 6) is 1.36. The molecule has 10 aromatic rings. The number of methoxy groups -OCH3 is 9. The summed E-state index contributed by atoms with van der Waals surface area (Å²) in [5.41, 5.74) is 7.41. The number of H-pyrrole nitrogens is 1. The first-order valence-electron chi connectivity index (χ1n) is 44.6. The predicted molar refractivity (Wildman–Crippen MR) is 532 cm³/mol. The van der Waals surface area contributed by atoms with Gasteiger partial charge in [0, 0.05) is 111 Å². The molecule has 738 valence electrons. The minimum absolute atomic E-state index is 0. The van der Waals surface area contributed by atoms with Crippen molar-refractivity contribution in [2.45, 2.75) is 107 Å². The summed E-state index contributed by atoms with van der Waals surface area (Å²) < 4.78 is 77.9. The van der Waals surface area contributed by atoms with E-state index in [1.54, 1.807) is 104 Å². The number of esters is 6. The summed E-state index contributed by atoms with van der Waals surface area (Å²) >= 11 is 0. The first kappa shape index (κ1) is 115. The average molecular weight is 2040 g/mol. The minimum Gasteiger partial charge on any atom is -1.00 e. The van der Waals surface area contributed by atoms with Gasteiger partial charge >= 0.3 is 44.4 Å². The lowest BCUT2D eigenvalue weighted by molar-refractivity contribution is -0.385. The van der Waals surface area contributed by atoms with Gasteiger partial charge in [-0.3, -0.25) is 39.4 Å². The smallest absolute Gasteiger partial charge is 0.338 e. The number of hydrogen-bond donors (Lipinski definition) is 1. The van der Waals surface area contributed by atoms with E-state index in [0.717, 1.165) is 74.5 Å². The number of rotatable bonds is 47. The number of hydrogen-bond acceptors (Lipinski definition) is 29. The minimum atomic E-state index is -2.31. The van der Waals surface area contributed by atoms with Crippen molar-refractivity contribution in [3.05, 3.63) is 247 Å². The molecule has 0 fully saturated rings. The zero-order valence-electron chi connectivity index (χ0n) is 81.2. The average Bonchev–Trinajstić information content (AvgIpc) is 1.48. The molecule has 0 spiro atoms. The third-order valence-corrected chi connectivity index (χ3v) is 26.8. The number of halogens is 1. The lowest BCUT2D eigenvalue weighted by Gasteiger charge is -2.27. The van der Waals surface area contributed by atoms with Gasteiger partial charge in [0.1, 0.15) is 63.8 Å². The van der Waals surface area contributed by atoms with Crippen LogP contribution in [0.15, 0.2) is 188 Å². The number of benzene rings is 9. The van der Waals surface area contributed by atoms with E-state index < -0.39 is 37.7 Å². The molecule has 0 aliphatic carbocycles. The van der Waals surface area contributed by atoms with Crippen LogP contribution >= 0.6 is 15.9 Å². The number of fused-ring (bicyclic) bond motifs is 1. The van der Waals surface area contributed by atoms with Gasteiger partial charge in [-0.15, -0.1) is 0 Å². The molecule has 1 N–H and O–H groups in total. The Balaban J connectivity index is 0.000000314. The number of nitrogens with zero attached hydrogens (tertiary/aromatic N) is 5. The zero-order chi connectivity index (χ0) is 99.7. The molecule has 9 aromatic carbocycles. The van der Waals surface area contributed by atoms with Gasteiger partial charge in [-0.1, -0.05) is 66.7 Å². The number of aromatic amines is 1. The van der Waals surface area contributed by atoms with E-state index in [4.69, 9.17) is 65.7 Å². The molecular formula is C102H127IN6O26P2. The first-order chi connectivity index (χ1) is 65.7. The van der Waals surface area contributed by atoms with E-state index in [-0.39, 0.29) is 70.4 Å². The molecule has 0 bridgehead atoms. The van der Waals surface area contributed by atoms with Gasteiger partial charge < -0.3 is 114 Å². The van der Waals surface area contributed by atoms with Crippen LogP contribution in [0, 0.1) is 20.2 Å². The maximum Gasteiger partial charge on any atom is 0.338 e. The molecular weight excluding hydrogens is 1910 g/mol. The van der Waals surface area contributed by atoms with Crippen molar-refractivity contribution >= 4 is 125 Å². The maximum atomic E-state index is 12.0. The number of aldehydes is 1. The van der Waals surface area contributed by atoms with Crippen LogP contribution in [0.1, 0.15) is 159 Å². The van der Waals surface area contributed by atoms with Gasteiger partial charge in [-0.2, -0.15) is 0 Å². The van der Waals surface area contributed by atoms with Gasteiger partial charge in [0.25, 0.3) is 11.4 Å². The van der Waals surface area contributed by atoms with Crippen LogP contribution in [0.3, 0.4) is 0 Å². The fraction of sp³-hybridized carbons (Fsp3) is 0.363. The molecule has 0 unspecified atom stereocenters. The topological polar surface area (TPSA) is 370 Å². The molecule has 35 heteroatoms. The predicted octanol–water partition coefficient (Wildman–Crippen LogP) is 16.4. The Bertz CT molecular complexity index is 5430. The monoisotopic (exact) mass is 2040 g/mol. The van der Waals surface area contributed by atoms with Gasteiger partial charge in [0.15, 0.2) is 6.29 Å². The highest BCUT2D eigenvalue weighted by molar-refractivity contribution is 7.95. The maximum absolute atomic E-state index is 12.0. The number of anilines is 3. The van der Waals surface area contributed by atoms with E-state index in [9.17, 15) is 53.8 Å². The molecule has 0 saturated heterocycles. The van der Waals surface area contributed by atoms with E-state index in [2.05, 4.69) is 67.7 Å². The summed E-state index contributed by atoms with van der Waals surface area (Å²) in [6.45, 7) is 24.4. The molecule has 32 nitrogen and oxygen atoms in total. The molecule has 1 heterocycles. The second kappa shape index (κ2) is 61.3. The molecule has 10 rings (SSSR count). The SMILES string of the molecule is CCOC(=O)CCCN(CC)c1cc(OC)c(-c2cc3ccc(C(=O)OC)cc3[nH]2)cc1OC.CCOC(=O)CCCN(CC)c1cc(OC)c(/C=C/c2ccc(C(=O)OC)cc2[N+](=O)[O-])cc1OC.CCOC(=O)CCCN(CC)c1cc(OC)c(C=O)cc1OC.CCOP(OCC)OCC.COC(=O)c1ccc(C[P+](c2ccccc2)(c2ccccc2)c2ccccc2)c([N+](=O)[O-])c1.[I-]. The van der Waals surface area contributed by atoms with Crippen molar-refractivity contribution in [3.63, 3.8) is 0 Å². The summed E-state index contributed by atoms with van der Waals surface area (Å²) in [6, 6.07) is 57.6. The molecule has 0 atom stereocenters. The lowest BCUT2D eigenvalue weighted by Crippen LogP contribution is -3.00. The molecule has 0 aliphatic rings. The fourth-order valence-corrected chi connectivity index (χ4v) is 19.6. The van der Waals surface area contributed by atoms with Crippen LogP contribution in [0.2, 0.25) is 0 Å². The van der Waals surface area contributed by atoms with Crippen molar-refractivity contribution in [2.24, 2.45) is 0 Å². The zero-order valence-corrected chi connectivity index (χ0v) is 85.1. The van der Waals surface area contributed by atoms with Crippen LogP contribution in [-0.4, -0.2) is 200 Å². The highest BCUT2D eigenvalue weighted by Crippen LogP contribution is 2.59. The summed E-state index contributed by atoms with van der Waals surface area (Å²) in [5, 5.41) is 28.0. The lowest BCUT2D eigenvalue weighted by atomic mass is 10.1. The van der Waals surface area contributed by atoms with Gasteiger partial charge in [0.2, 0.25) is 0 Å². The van der Waals surface area contributed by atoms with Crippen molar-refractivity contribution < 1.29 is 138 Å². The Morgan fingerprint density at radius 2 is 0.752 bits per heavy atom. The Labute approximate surface area is 820 Å². The number of carbonyl (C=O) groups is 7. The van der Waals surface area contributed by atoms with E-state index >= 15 is 0 Å². The number of carbonyl (C=O) groups excluding carboxylic acids is 7. The molecule has 137 heavy (non-hydrogen) atoms. The van der Waals surface area contributed by atoms with Crippen LogP contribution in [0.25, 0.3) is 34.3 Å². The van der Waals surface area contributed by atoms with Crippen LogP contribution in [0.5, 0.6) is 34.5 Å². The standard InChI is InChI=1S/C27H23NO4P.C26H32N2O8.C26H32N2O6.C17H25NO5.C6H15O3P.HI/c1-32-27(29)21-17-18-22(26(19-21)28(30)31)20-33(23-11-5-2-6-12-23,24-13-7-3-8-14-24)25-15-9-4-10-16-25;1-6-27(14-8-9-25(29)36-7-2)22-17-23(33-3)19(16-24(22)34-4)12-10-18-11-13-20(26(30)35-5)15-21(18)28(31)32;1-6-28(12-8-9-25(29)34-7-2)22-16-23(31-3)19(15-24(22)32-4)21-13-17-10-11-18(26(30)33-5)14-20(17)27-21;1-5-18(9-7-8-17(20)23-6-2)14-11-15(21-3)13(12-19)10-16(14)22-4;1-4-7-10(8-5-2)9-6-3;/h2-19H,20H2,1H3;10-13,15-17H,6-9,14H2,1-5H3;10-11,13-16,27H,6-9,12H2,1-5H3;10-12H,5-9H2,1-4H3;4-6H2,1-3H3;1H/q+1;;;;;/p-1/b;12-10+;;;;. The van der Waals surface area contributed by atoms with Crippen molar-refractivity contribution in [2.75, 3.05) is 158 Å². The van der Waals surface area contributed by atoms with Crippen LogP contribution in [-0.2, 0) is 62.5 Å². The molecule has 1 aromatic heterocycles. The quantitative estimate of drug-likeness (QED) is 0.00541. The molecule has 0 saturated carbocycles. The number of ether oxygens (including phenoxy) is 12. The largest absolute Gasteiger partial charge is 1.00 e. The second-order valence-electron chi connectivity index (χ2n) is 29.2. The summed E-state index contributed by atoms with van der Waals surface area (Å²) in [4.78, 5) is 114. The number of aromatic nitrogens is 1. The van der Waals surface area contributed by atoms with Crippen LogP contribution in [0.4, 0.5) is 28.4 Å². The Hall–Kier alpha value is -12.8. The molecule has 0 aliphatic heterocycles. The number of nitro groups is 2. The van der Waals surface area contributed by atoms with Gasteiger partial charge in [0.05, 0.1) is 170 Å². The highest BCUT2D eigenvalue weighted by atomic mass is 127. The molecule has 0 amide bonds. The second-order valence-corrected chi connectivity index (χ2v) is 33.9. The third kappa shape index (κ3) is 33.6. The summed E-state index contributed by atoms with van der Waals surface area (Å²) in [7, 11) is 9.91. The number of nitro benzene ring substituents is 2. The Morgan fingerprint density at radius 1 is 0.394 bits per heavy atom. The third-order valence-electron chi connectivity index (χ3n) is 21.0. The van der Waals surface area contributed by atoms with Crippen molar-refractivity contribution in [1.82, 2.24) is 4.98 Å². The Kier molecular flexibility index (Phi) is 51.4. The summed E-state index contributed by atoms with van der Waals surface area (Å²) in [6.07, 6.45) is 7.46. The van der Waals surface area contributed by atoms with E-state index in [1.807, 2.05) is 120 Å². The van der Waals surface area contributed by atoms with Crippen molar-refractivity contribution in [1.29, 1.82) is 0 Å². The molecule has 0 radical (unpaired) electrons. The highest BCUT2D eigenvalue weighted by Gasteiger charge is 2.47. The fourth-order valence-electron chi connectivity index (χ4n) is 14.5. The van der Waals surface area contributed by atoms with Crippen LogP contribution < -0.4 is 83.0 Å². The van der Waals surface area contributed by atoms with E-state index in [1.165, 1.54) is 59.8 Å². The normalized spacial score (nSPS) is 10.6. The van der Waals surface area contributed by atoms with Gasteiger partial charge in [-0.25, -0.2) is 14.4 Å². The van der Waals surface area contributed by atoms with Gasteiger partial charge in [-0.05, 0) is 185 Å².